The minimum Gasteiger partial charge on any atom is -0.507 e. The summed E-state index contributed by atoms with van der Waals surface area (Å²) in [6.45, 7) is 8.69. The molecule has 0 aliphatic carbocycles. The van der Waals surface area contributed by atoms with Crippen molar-refractivity contribution in [3.05, 3.63) is 29.3 Å². The number of carbonyl (C=O) groups is 4. The summed E-state index contributed by atoms with van der Waals surface area (Å²) in [7, 11) is 1.20. The molecule has 1 rings (SSSR count). The molecule has 1 aromatic rings. The fourth-order valence-corrected chi connectivity index (χ4v) is 4.19. The van der Waals surface area contributed by atoms with Crippen LogP contribution in [0.5, 0.6) is 5.75 Å². The van der Waals surface area contributed by atoms with Gasteiger partial charge in [0.2, 0.25) is 11.8 Å². The highest BCUT2D eigenvalue weighted by molar-refractivity contribution is 7.80. The number of carbonyl (C=O) groups excluding carboxylic acids is 4. The van der Waals surface area contributed by atoms with Gasteiger partial charge in [0, 0.05) is 17.9 Å². The van der Waals surface area contributed by atoms with Crippen molar-refractivity contribution in [2.75, 3.05) is 26.0 Å². The van der Waals surface area contributed by atoms with Gasteiger partial charge in [-0.1, -0.05) is 57.2 Å². The van der Waals surface area contributed by atoms with E-state index in [-0.39, 0.29) is 23.6 Å². The zero-order valence-electron chi connectivity index (χ0n) is 24.0. The van der Waals surface area contributed by atoms with E-state index < -0.39 is 48.1 Å². The van der Waals surface area contributed by atoms with Crippen molar-refractivity contribution < 1.29 is 33.8 Å². The van der Waals surface area contributed by atoms with E-state index in [4.69, 9.17) is 4.74 Å². The number of alkyl carbamates (subject to hydrolysis) is 1. The Bertz CT molecular complexity index is 965. The van der Waals surface area contributed by atoms with Crippen molar-refractivity contribution in [3.63, 3.8) is 0 Å². The second-order valence-electron chi connectivity index (χ2n) is 10.4. The van der Waals surface area contributed by atoms with Crippen LogP contribution in [0.2, 0.25) is 0 Å². The molecule has 0 spiro atoms. The largest absolute Gasteiger partial charge is 0.507 e. The van der Waals surface area contributed by atoms with Crippen LogP contribution in [0.3, 0.4) is 0 Å². The van der Waals surface area contributed by atoms with Crippen LogP contribution in [-0.2, 0) is 23.9 Å². The molecular weight excluding hydrogens is 522 g/mol. The normalized spacial score (nSPS) is 12.7. The van der Waals surface area contributed by atoms with Crippen molar-refractivity contribution in [2.45, 2.75) is 90.8 Å². The number of nitrogens with zero attached hydrogens (tertiary/aromatic N) is 1. The number of nitrogens with one attached hydrogen (secondary N) is 2. The molecule has 0 aliphatic heterocycles. The second-order valence-corrected chi connectivity index (χ2v) is 10.8. The summed E-state index contributed by atoms with van der Waals surface area (Å²) in [6.07, 6.45) is 4.86. The molecular formula is C28H45N3O7S. The fourth-order valence-electron chi connectivity index (χ4n) is 3.95. The van der Waals surface area contributed by atoms with Crippen molar-refractivity contribution >= 4 is 36.5 Å². The van der Waals surface area contributed by atoms with Gasteiger partial charge >= 0.3 is 12.1 Å². The van der Waals surface area contributed by atoms with Crippen molar-refractivity contribution in [1.29, 1.82) is 0 Å². The molecule has 11 heteroatoms. The Balaban J connectivity index is 3.43. The summed E-state index contributed by atoms with van der Waals surface area (Å²) >= 11 is 4.28. The minimum absolute atomic E-state index is 0.0542. The van der Waals surface area contributed by atoms with E-state index in [0.717, 1.165) is 32.1 Å². The van der Waals surface area contributed by atoms with E-state index >= 15 is 0 Å². The highest BCUT2D eigenvalue weighted by Gasteiger charge is 2.37. The molecule has 3 N–H and O–H groups in total. The third kappa shape index (κ3) is 11.8. The number of phenols is 1. The number of para-hydroxylation sites is 1. The molecule has 10 nitrogen and oxygen atoms in total. The van der Waals surface area contributed by atoms with Gasteiger partial charge in [0.1, 0.15) is 30.0 Å². The van der Waals surface area contributed by atoms with E-state index in [9.17, 15) is 24.3 Å². The SMILES string of the molecule is CCCCCCCCN(C(=O)C(CS)NC(=O)OC(C)(C)C)C(C(=O)NCC(=O)OC)c1cccc(C)c1O. The van der Waals surface area contributed by atoms with Crippen molar-refractivity contribution in [3.8, 4) is 5.75 Å². The summed E-state index contributed by atoms with van der Waals surface area (Å²) < 4.78 is 9.95. The maximum absolute atomic E-state index is 13.9. The van der Waals surface area contributed by atoms with E-state index in [1.807, 2.05) is 0 Å². The number of rotatable bonds is 15. The lowest BCUT2D eigenvalue weighted by atomic mass is 9.98. The van der Waals surface area contributed by atoms with E-state index in [2.05, 4.69) is 34.9 Å². The molecule has 0 saturated carbocycles. The first-order valence-corrected chi connectivity index (χ1v) is 14.0. The van der Waals surface area contributed by atoms with Gasteiger partial charge in [0.15, 0.2) is 0 Å². The van der Waals surface area contributed by atoms with Crippen molar-refractivity contribution in [1.82, 2.24) is 15.5 Å². The quantitative estimate of drug-likeness (QED) is 0.143. The Morgan fingerprint density at radius 3 is 2.31 bits per heavy atom. The Kier molecular flexibility index (Phi) is 14.8. The number of unbranched alkanes of at least 4 members (excludes halogenated alkanes) is 5. The Hall–Kier alpha value is -2.95. The van der Waals surface area contributed by atoms with Gasteiger partial charge in [-0.2, -0.15) is 12.6 Å². The molecule has 39 heavy (non-hydrogen) atoms. The molecule has 2 unspecified atom stereocenters. The standard InChI is InChI=1S/C28H45N3O7S/c1-7-8-9-10-11-12-16-31(26(35)21(18-39)30-27(36)38-28(3,4)5)23(25(34)29-17-22(32)37-6)20-15-13-14-19(2)24(20)33/h13-15,21,23,33,39H,7-12,16-18H2,1-6H3,(H,29,34)(H,30,36). The number of methoxy groups -OCH3 is 1. The lowest BCUT2D eigenvalue weighted by Crippen LogP contribution is -2.54. The topological polar surface area (TPSA) is 134 Å². The average molecular weight is 568 g/mol. The molecule has 0 aliphatic rings. The number of ether oxygens (including phenoxy) is 2. The van der Waals surface area contributed by atoms with Crippen LogP contribution in [0.15, 0.2) is 18.2 Å². The summed E-state index contributed by atoms with van der Waals surface area (Å²) in [4.78, 5) is 53.0. The van der Waals surface area contributed by atoms with Crippen molar-refractivity contribution in [2.24, 2.45) is 0 Å². The number of aryl methyl sites for hydroxylation is 1. The van der Waals surface area contributed by atoms with Crippen LogP contribution in [0.1, 0.15) is 83.4 Å². The van der Waals surface area contributed by atoms with Gasteiger partial charge in [-0.3, -0.25) is 14.4 Å². The number of esters is 1. The summed E-state index contributed by atoms with van der Waals surface area (Å²) in [5.74, 6) is -2.09. The number of hydrogen-bond acceptors (Lipinski definition) is 8. The average Bonchev–Trinajstić information content (AvgIpc) is 2.87. The monoisotopic (exact) mass is 567 g/mol. The first kappa shape index (κ1) is 34.1. The van der Waals surface area contributed by atoms with Crippen LogP contribution in [-0.4, -0.2) is 71.5 Å². The maximum Gasteiger partial charge on any atom is 0.408 e. The third-order valence-electron chi connectivity index (χ3n) is 5.97. The van der Waals surface area contributed by atoms with Gasteiger partial charge < -0.3 is 30.1 Å². The smallest absolute Gasteiger partial charge is 0.408 e. The van der Waals surface area contributed by atoms with Gasteiger partial charge in [-0.25, -0.2) is 4.79 Å². The predicted molar refractivity (Wildman–Crippen MR) is 153 cm³/mol. The van der Waals surface area contributed by atoms with E-state index in [0.29, 0.717) is 12.0 Å². The lowest BCUT2D eigenvalue weighted by Gasteiger charge is -2.34. The molecule has 0 aromatic heterocycles. The third-order valence-corrected chi connectivity index (χ3v) is 6.33. The van der Waals surface area contributed by atoms with E-state index in [1.165, 1.54) is 12.0 Å². The van der Waals surface area contributed by atoms with Crippen LogP contribution in [0.4, 0.5) is 4.79 Å². The van der Waals surface area contributed by atoms with Gasteiger partial charge in [-0.05, 0) is 39.7 Å². The van der Waals surface area contributed by atoms with Crippen LogP contribution >= 0.6 is 12.6 Å². The van der Waals surface area contributed by atoms with Gasteiger partial charge in [0.05, 0.1) is 7.11 Å². The van der Waals surface area contributed by atoms with Crippen LogP contribution < -0.4 is 10.6 Å². The molecule has 0 bridgehead atoms. The highest BCUT2D eigenvalue weighted by Crippen LogP contribution is 2.32. The zero-order chi connectivity index (χ0) is 29.6. The lowest BCUT2D eigenvalue weighted by molar-refractivity contribution is -0.144. The zero-order valence-corrected chi connectivity index (χ0v) is 24.9. The summed E-state index contributed by atoms with van der Waals surface area (Å²) in [5, 5.41) is 16.0. The molecule has 0 heterocycles. The van der Waals surface area contributed by atoms with Crippen LogP contribution in [0, 0.1) is 6.92 Å². The maximum atomic E-state index is 13.9. The Morgan fingerprint density at radius 2 is 1.72 bits per heavy atom. The molecule has 0 fully saturated rings. The number of thiol groups is 1. The number of amides is 3. The minimum atomic E-state index is -1.28. The molecule has 3 amide bonds. The Morgan fingerprint density at radius 1 is 1.08 bits per heavy atom. The van der Waals surface area contributed by atoms with E-state index in [1.54, 1.807) is 45.9 Å². The summed E-state index contributed by atoms with van der Waals surface area (Å²) in [5.41, 5.74) is -0.0643. The molecule has 0 radical (unpaired) electrons. The number of aromatic hydroxyl groups is 1. The Labute approximate surface area is 237 Å². The molecule has 220 valence electrons. The fraction of sp³-hybridized carbons (Fsp3) is 0.643. The van der Waals surface area contributed by atoms with Gasteiger partial charge in [-0.15, -0.1) is 0 Å². The first-order valence-electron chi connectivity index (χ1n) is 13.4. The number of benzene rings is 1. The van der Waals surface area contributed by atoms with Gasteiger partial charge in [0.25, 0.3) is 0 Å². The molecule has 0 saturated heterocycles. The molecule has 1 aromatic carbocycles. The highest BCUT2D eigenvalue weighted by atomic mass is 32.1. The second kappa shape index (κ2) is 16.9. The molecule has 2 atom stereocenters. The van der Waals surface area contributed by atoms with Crippen LogP contribution in [0.25, 0.3) is 0 Å². The summed E-state index contributed by atoms with van der Waals surface area (Å²) in [6, 6.07) is 2.53. The number of phenolic OH excluding ortho intramolecular Hbond substituents is 1. The first-order chi connectivity index (χ1) is 18.4. The number of hydrogen-bond donors (Lipinski definition) is 4. The predicted octanol–water partition coefficient (Wildman–Crippen LogP) is 4.04.